The van der Waals surface area contributed by atoms with E-state index in [9.17, 15) is 18.1 Å². The number of aromatic nitrogens is 1. The fourth-order valence-corrected chi connectivity index (χ4v) is 1.81. The van der Waals surface area contributed by atoms with E-state index in [1.54, 1.807) is 12.1 Å². The lowest BCUT2D eigenvalue weighted by atomic mass is 10.1. The highest BCUT2D eigenvalue weighted by atomic mass is 32.3. The van der Waals surface area contributed by atoms with Gasteiger partial charge in [-0.1, -0.05) is 0 Å². The van der Waals surface area contributed by atoms with Gasteiger partial charge in [-0.15, -0.1) is 0 Å². The molecule has 7 heteroatoms. The van der Waals surface area contributed by atoms with Gasteiger partial charge >= 0.3 is 0 Å². The van der Waals surface area contributed by atoms with Crippen LogP contribution in [-0.2, 0) is 21.6 Å². The van der Waals surface area contributed by atoms with Crippen LogP contribution < -0.4 is 4.57 Å². The standard InChI is InChI=1S/C12H13NO.CH4O4S/c1-8-6-9(2)13(3)12-7-10(14)4-5-11(8)12;1-5-6(2,3)4/h4-7H,1-3H3;1H3,(H,2,3,4). The molecule has 20 heavy (non-hydrogen) atoms. The van der Waals surface area contributed by atoms with Gasteiger partial charge in [0, 0.05) is 18.4 Å². The average Bonchev–Trinajstić information content (AvgIpc) is 2.36. The van der Waals surface area contributed by atoms with Gasteiger partial charge in [0.2, 0.25) is 15.9 Å². The monoisotopic (exact) mass is 299 g/mol. The summed E-state index contributed by atoms with van der Waals surface area (Å²) < 4.78 is 33.1. The predicted molar refractivity (Wildman–Crippen MR) is 73.0 cm³/mol. The Hall–Kier alpha value is -1.70. The number of aromatic hydroxyl groups is 1. The van der Waals surface area contributed by atoms with E-state index >= 15 is 0 Å². The Balaban J connectivity index is 0.000000286. The van der Waals surface area contributed by atoms with Crippen molar-refractivity contribution in [2.45, 2.75) is 13.8 Å². The molecule has 1 aromatic heterocycles. The van der Waals surface area contributed by atoms with Gasteiger partial charge in [0.15, 0.2) is 5.69 Å². The number of rotatable bonds is 1. The second kappa shape index (κ2) is 6.17. The van der Waals surface area contributed by atoms with Crippen LogP contribution in [0.4, 0.5) is 0 Å². The van der Waals surface area contributed by atoms with E-state index in [0.717, 1.165) is 12.6 Å². The quantitative estimate of drug-likeness (QED) is 0.483. The van der Waals surface area contributed by atoms with E-state index in [1.807, 2.05) is 13.1 Å². The SMILES string of the molecule is COS(=O)(=O)[O-].Cc1cc(C)[n+](C)c2cc(O)ccc12. The van der Waals surface area contributed by atoms with Gasteiger partial charge in [-0.25, -0.2) is 8.42 Å². The lowest BCUT2D eigenvalue weighted by Crippen LogP contribution is -2.32. The minimum atomic E-state index is -4.41. The van der Waals surface area contributed by atoms with Crippen molar-refractivity contribution in [3.63, 3.8) is 0 Å². The zero-order valence-corrected chi connectivity index (χ0v) is 12.6. The number of phenols is 1. The van der Waals surface area contributed by atoms with Crippen LogP contribution in [0.25, 0.3) is 10.9 Å². The van der Waals surface area contributed by atoms with Crippen LogP contribution in [-0.4, -0.2) is 25.2 Å². The number of pyridine rings is 1. The van der Waals surface area contributed by atoms with Crippen LogP contribution in [0.3, 0.4) is 0 Å². The molecule has 6 nitrogen and oxygen atoms in total. The lowest BCUT2D eigenvalue weighted by Gasteiger charge is -2.03. The molecule has 0 aliphatic rings. The first-order chi connectivity index (χ1) is 9.15. The normalized spacial score (nSPS) is 11.1. The molecule has 0 bridgehead atoms. The number of hydrogen-bond donors (Lipinski definition) is 1. The summed E-state index contributed by atoms with van der Waals surface area (Å²) in [6, 6.07) is 7.64. The third-order valence-electron chi connectivity index (χ3n) is 2.93. The zero-order chi connectivity index (χ0) is 15.5. The maximum absolute atomic E-state index is 9.42. The third kappa shape index (κ3) is 4.16. The first-order valence-electron chi connectivity index (χ1n) is 5.76. The van der Waals surface area contributed by atoms with Gasteiger partial charge in [-0.05, 0) is 24.6 Å². The second-order valence-corrected chi connectivity index (χ2v) is 5.45. The number of fused-ring (bicyclic) bond motifs is 1. The van der Waals surface area contributed by atoms with Gasteiger partial charge in [-0.3, -0.25) is 4.18 Å². The van der Waals surface area contributed by atoms with Crippen molar-refractivity contribution in [2.75, 3.05) is 7.11 Å². The third-order valence-corrected chi connectivity index (χ3v) is 3.33. The van der Waals surface area contributed by atoms with Crippen LogP contribution in [0.15, 0.2) is 24.3 Å². The lowest BCUT2D eigenvalue weighted by molar-refractivity contribution is -0.651. The maximum Gasteiger partial charge on any atom is 0.217 e. The van der Waals surface area contributed by atoms with Gasteiger partial charge in [-0.2, -0.15) is 4.57 Å². The summed E-state index contributed by atoms with van der Waals surface area (Å²) in [5.74, 6) is 0.318. The van der Waals surface area contributed by atoms with Crippen LogP contribution >= 0.6 is 0 Å². The topological polar surface area (TPSA) is 90.5 Å². The fourth-order valence-electron chi connectivity index (χ4n) is 1.81. The molecule has 0 atom stereocenters. The Kier molecular flexibility index (Phi) is 5.04. The van der Waals surface area contributed by atoms with Crippen molar-refractivity contribution in [3.8, 4) is 5.75 Å². The van der Waals surface area contributed by atoms with Crippen molar-refractivity contribution in [3.05, 3.63) is 35.5 Å². The largest absolute Gasteiger partial charge is 0.726 e. The predicted octanol–water partition coefficient (Wildman–Crippen LogP) is 1.08. The molecule has 0 saturated carbocycles. The number of aryl methyl sites for hydroxylation is 3. The first-order valence-corrected chi connectivity index (χ1v) is 7.09. The zero-order valence-electron chi connectivity index (χ0n) is 11.7. The number of nitrogens with zero attached hydrogens (tertiary/aromatic N) is 1. The first kappa shape index (κ1) is 16.4. The van der Waals surface area contributed by atoms with Gasteiger partial charge in [0.1, 0.15) is 12.8 Å². The minimum absolute atomic E-state index is 0.318. The van der Waals surface area contributed by atoms with E-state index in [2.05, 4.69) is 28.7 Å². The van der Waals surface area contributed by atoms with Gasteiger partial charge in [0.25, 0.3) is 0 Å². The molecule has 0 saturated heterocycles. The molecule has 2 rings (SSSR count). The molecule has 1 heterocycles. The Morgan fingerprint density at radius 1 is 1.25 bits per heavy atom. The number of hydrogen-bond acceptors (Lipinski definition) is 5. The number of phenolic OH excluding ortho intramolecular Hbond substituents is 1. The second-order valence-electron chi connectivity index (χ2n) is 4.30. The fraction of sp³-hybridized carbons (Fsp3) is 0.308. The van der Waals surface area contributed by atoms with Crippen LogP contribution in [0, 0.1) is 13.8 Å². The molecule has 1 aromatic carbocycles. The molecule has 0 spiro atoms. The highest BCUT2D eigenvalue weighted by molar-refractivity contribution is 7.80. The molecule has 0 amide bonds. The average molecular weight is 299 g/mol. The van der Waals surface area contributed by atoms with E-state index in [0.29, 0.717) is 5.75 Å². The summed E-state index contributed by atoms with van der Waals surface area (Å²) in [5.41, 5.74) is 3.51. The minimum Gasteiger partial charge on any atom is -0.726 e. The Labute approximate surface area is 118 Å². The van der Waals surface area contributed by atoms with Crippen molar-refractivity contribution in [2.24, 2.45) is 7.05 Å². The van der Waals surface area contributed by atoms with Crippen molar-refractivity contribution in [1.29, 1.82) is 0 Å². The van der Waals surface area contributed by atoms with Crippen LogP contribution in [0.2, 0.25) is 0 Å². The van der Waals surface area contributed by atoms with E-state index in [4.69, 9.17) is 0 Å². The van der Waals surface area contributed by atoms with Crippen LogP contribution in [0.5, 0.6) is 5.75 Å². The molecule has 0 aliphatic carbocycles. The van der Waals surface area contributed by atoms with Crippen molar-refractivity contribution >= 4 is 21.3 Å². The molecule has 0 aliphatic heterocycles. The van der Waals surface area contributed by atoms with Gasteiger partial charge < -0.3 is 9.66 Å². The molecule has 110 valence electrons. The summed E-state index contributed by atoms with van der Waals surface area (Å²) in [5, 5.41) is 10.6. The van der Waals surface area contributed by atoms with E-state index in [1.165, 1.54) is 16.6 Å². The Morgan fingerprint density at radius 2 is 1.80 bits per heavy atom. The molecular formula is C13H17NO5S. The van der Waals surface area contributed by atoms with E-state index < -0.39 is 10.4 Å². The summed E-state index contributed by atoms with van der Waals surface area (Å²) in [6.45, 7) is 4.16. The molecule has 0 fully saturated rings. The maximum atomic E-state index is 9.42. The van der Waals surface area contributed by atoms with Crippen molar-refractivity contribution in [1.82, 2.24) is 0 Å². The molecule has 1 N–H and O–H groups in total. The van der Waals surface area contributed by atoms with Crippen LogP contribution in [0.1, 0.15) is 11.3 Å². The summed E-state index contributed by atoms with van der Waals surface area (Å²) >= 11 is 0. The molecule has 0 radical (unpaired) electrons. The van der Waals surface area contributed by atoms with Gasteiger partial charge in [0.05, 0.1) is 13.2 Å². The summed E-state index contributed by atoms with van der Waals surface area (Å²) in [4.78, 5) is 0. The Morgan fingerprint density at radius 3 is 2.30 bits per heavy atom. The number of benzene rings is 1. The smallest absolute Gasteiger partial charge is 0.217 e. The highest BCUT2D eigenvalue weighted by Gasteiger charge is 2.11. The highest BCUT2D eigenvalue weighted by Crippen LogP contribution is 2.20. The molecule has 0 unspecified atom stereocenters. The summed E-state index contributed by atoms with van der Waals surface area (Å²) in [7, 11) is -1.59. The van der Waals surface area contributed by atoms with Crippen molar-refractivity contribution < 1.29 is 26.8 Å². The van der Waals surface area contributed by atoms with E-state index in [-0.39, 0.29) is 0 Å². The summed E-state index contributed by atoms with van der Waals surface area (Å²) in [6.07, 6.45) is 0. The Bertz CT molecular complexity index is 725. The molecule has 2 aromatic rings. The molecular weight excluding hydrogens is 282 g/mol.